The molecule has 1 N–H and O–H groups in total. The number of halogens is 1. The summed E-state index contributed by atoms with van der Waals surface area (Å²) in [6.45, 7) is 3.05. The van der Waals surface area contributed by atoms with Gasteiger partial charge in [0.15, 0.2) is 0 Å². The number of carbonyl (C=O) groups excluding carboxylic acids is 1. The molecule has 0 spiro atoms. The molecule has 8 heteroatoms. The molecule has 2 aliphatic rings. The summed E-state index contributed by atoms with van der Waals surface area (Å²) in [6.07, 6.45) is 4.66. The van der Waals surface area contributed by atoms with Crippen LogP contribution in [0.25, 0.3) is 0 Å². The van der Waals surface area contributed by atoms with E-state index < -0.39 is 0 Å². The second-order valence-electron chi connectivity index (χ2n) is 7.42. The Morgan fingerprint density at radius 3 is 2.90 bits per heavy atom. The summed E-state index contributed by atoms with van der Waals surface area (Å²) in [5, 5.41) is 3.59. The summed E-state index contributed by atoms with van der Waals surface area (Å²) in [6, 6.07) is 7.05. The Hall–Kier alpha value is -2.38. The minimum Gasteiger partial charge on any atom is -0.496 e. The molecule has 2 aliphatic heterocycles. The lowest BCUT2D eigenvalue weighted by atomic mass is 9.96. The van der Waals surface area contributed by atoms with Crippen LogP contribution >= 0.6 is 11.6 Å². The van der Waals surface area contributed by atoms with Crippen LogP contribution in [0.1, 0.15) is 41.2 Å². The highest BCUT2D eigenvalue weighted by Crippen LogP contribution is 2.27. The van der Waals surface area contributed by atoms with Gasteiger partial charge in [-0.05, 0) is 43.5 Å². The summed E-state index contributed by atoms with van der Waals surface area (Å²) in [7, 11) is 1.54. The number of hydrogen-bond donors (Lipinski definition) is 1. The second-order valence-corrected chi connectivity index (χ2v) is 7.85. The first-order valence-corrected chi connectivity index (χ1v) is 10.3. The largest absolute Gasteiger partial charge is 0.496 e. The lowest BCUT2D eigenvalue weighted by Crippen LogP contribution is -2.37. The van der Waals surface area contributed by atoms with Gasteiger partial charge in [0, 0.05) is 55.2 Å². The molecule has 2 fully saturated rings. The third-order valence-electron chi connectivity index (χ3n) is 5.52. The molecule has 154 valence electrons. The summed E-state index contributed by atoms with van der Waals surface area (Å²) < 4.78 is 10.7. The molecule has 0 radical (unpaired) electrons. The van der Waals surface area contributed by atoms with Gasteiger partial charge in [-0.3, -0.25) is 4.79 Å². The van der Waals surface area contributed by atoms with Crippen LogP contribution < -0.4 is 15.0 Å². The standard InChI is InChI=1S/C21H25ClN4O3/c1-28-19-3-2-15(22)12-17(19)20(27)24-16-5-9-26(13-16)21-23-8-4-18(25-21)14-6-10-29-11-7-14/h2-4,8,12,14,16H,5-7,9-11,13H2,1H3,(H,24,27). The molecule has 1 unspecified atom stereocenters. The Kier molecular flexibility index (Phi) is 6.16. The van der Waals surface area contributed by atoms with Gasteiger partial charge < -0.3 is 19.7 Å². The Bertz CT molecular complexity index is 873. The van der Waals surface area contributed by atoms with E-state index in [0.29, 0.717) is 28.8 Å². The molecule has 1 atom stereocenters. The number of nitrogens with one attached hydrogen (secondary N) is 1. The van der Waals surface area contributed by atoms with Gasteiger partial charge in [-0.15, -0.1) is 0 Å². The van der Waals surface area contributed by atoms with E-state index in [-0.39, 0.29) is 11.9 Å². The molecule has 0 aliphatic carbocycles. The smallest absolute Gasteiger partial charge is 0.255 e. The van der Waals surface area contributed by atoms with E-state index in [9.17, 15) is 4.79 Å². The molecule has 4 rings (SSSR count). The minimum atomic E-state index is -0.187. The van der Waals surface area contributed by atoms with Gasteiger partial charge >= 0.3 is 0 Å². The average molecular weight is 417 g/mol. The third-order valence-corrected chi connectivity index (χ3v) is 5.75. The van der Waals surface area contributed by atoms with Crippen molar-refractivity contribution in [3.63, 3.8) is 0 Å². The fourth-order valence-corrected chi connectivity index (χ4v) is 4.09. The van der Waals surface area contributed by atoms with E-state index in [1.54, 1.807) is 25.3 Å². The van der Waals surface area contributed by atoms with Crippen LogP contribution in [-0.2, 0) is 4.74 Å². The van der Waals surface area contributed by atoms with Crippen molar-refractivity contribution in [3.8, 4) is 5.75 Å². The molecule has 2 saturated heterocycles. The van der Waals surface area contributed by atoms with Gasteiger partial charge in [-0.1, -0.05) is 11.6 Å². The molecule has 1 amide bonds. The number of anilines is 1. The van der Waals surface area contributed by atoms with Gasteiger partial charge in [-0.2, -0.15) is 0 Å². The van der Waals surface area contributed by atoms with Crippen molar-refractivity contribution < 1.29 is 14.3 Å². The predicted molar refractivity (Wildman–Crippen MR) is 111 cm³/mol. The van der Waals surface area contributed by atoms with E-state index in [1.807, 2.05) is 12.3 Å². The second kappa shape index (κ2) is 8.97. The van der Waals surface area contributed by atoms with E-state index in [1.165, 1.54) is 0 Å². The zero-order valence-electron chi connectivity index (χ0n) is 16.4. The fraction of sp³-hybridized carbons (Fsp3) is 0.476. The normalized spacial score (nSPS) is 19.9. The van der Waals surface area contributed by atoms with Gasteiger partial charge in [-0.25, -0.2) is 9.97 Å². The SMILES string of the molecule is COc1ccc(Cl)cc1C(=O)NC1CCN(c2nccc(C3CCOCC3)n2)C1. The monoisotopic (exact) mass is 416 g/mol. The molecule has 0 bridgehead atoms. The number of ether oxygens (including phenoxy) is 2. The molecule has 2 aromatic rings. The Morgan fingerprint density at radius 1 is 1.28 bits per heavy atom. The van der Waals surface area contributed by atoms with Gasteiger partial charge in [0.1, 0.15) is 5.75 Å². The molecule has 29 heavy (non-hydrogen) atoms. The third kappa shape index (κ3) is 4.62. The number of aromatic nitrogens is 2. The van der Waals surface area contributed by atoms with Crippen LogP contribution in [0.5, 0.6) is 5.75 Å². The Morgan fingerprint density at radius 2 is 2.10 bits per heavy atom. The van der Waals surface area contributed by atoms with Crippen LogP contribution in [0.15, 0.2) is 30.5 Å². The first-order chi connectivity index (χ1) is 14.1. The lowest BCUT2D eigenvalue weighted by molar-refractivity contribution is 0.0845. The van der Waals surface area contributed by atoms with Crippen molar-refractivity contribution in [2.45, 2.75) is 31.2 Å². The van der Waals surface area contributed by atoms with Crippen molar-refractivity contribution in [1.29, 1.82) is 0 Å². The van der Waals surface area contributed by atoms with Crippen molar-refractivity contribution in [2.24, 2.45) is 0 Å². The maximum Gasteiger partial charge on any atom is 0.255 e. The highest BCUT2D eigenvalue weighted by Gasteiger charge is 2.27. The van der Waals surface area contributed by atoms with Crippen molar-refractivity contribution in [3.05, 3.63) is 46.7 Å². The van der Waals surface area contributed by atoms with E-state index in [0.717, 1.165) is 50.7 Å². The highest BCUT2D eigenvalue weighted by atomic mass is 35.5. The van der Waals surface area contributed by atoms with Crippen molar-refractivity contribution in [1.82, 2.24) is 15.3 Å². The quantitative estimate of drug-likeness (QED) is 0.807. The van der Waals surface area contributed by atoms with Crippen molar-refractivity contribution in [2.75, 3.05) is 38.3 Å². The van der Waals surface area contributed by atoms with Crippen LogP contribution in [0, 0.1) is 0 Å². The van der Waals surface area contributed by atoms with Gasteiger partial charge in [0.05, 0.1) is 12.7 Å². The fourth-order valence-electron chi connectivity index (χ4n) is 3.92. The maximum atomic E-state index is 12.7. The first-order valence-electron chi connectivity index (χ1n) is 9.94. The zero-order valence-corrected chi connectivity index (χ0v) is 17.2. The molecule has 0 saturated carbocycles. The molecular weight excluding hydrogens is 392 g/mol. The van der Waals surface area contributed by atoms with Crippen LogP contribution in [-0.4, -0.2) is 55.3 Å². The van der Waals surface area contributed by atoms with E-state index >= 15 is 0 Å². The Labute approximate surface area is 175 Å². The molecule has 1 aromatic carbocycles. The number of carbonyl (C=O) groups is 1. The number of rotatable bonds is 5. The number of hydrogen-bond acceptors (Lipinski definition) is 6. The molecule has 7 nitrogen and oxygen atoms in total. The molecular formula is C21H25ClN4O3. The van der Waals surface area contributed by atoms with Crippen LogP contribution in [0.2, 0.25) is 5.02 Å². The number of amides is 1. The van der Waals surface area contributed by atoms with Crippen LogP contribution in [0.4, 0.5) is 5.95 Å². The number of nitrogens with zero attached hydrogens (tertiary/aromatic N) is 3. The molecule has 1 aromatic heterocycles. The summed E-state index contributed by atoms with van der Waals surface area (Å²) in [4.78, 5) is 24.1. The topological polar surface area (TPSA) is 76.6 Å². The summed E-state index contributed by atoms with van der Waals surface area (Å²) in [5.41, 5.74) is 1.52. The zero-order chi connectivity index (χ0) is 20.2. The first kappa shape index (κ1) is 19.9. The van der Waals surface area contributed by atoms with Gasteiger partial charge in [0.25, 0.3) is 5.91 Å². The lowest BCUT2D eigenvalue weighted by Gasteiger charge is -2.23. The van der Waals surface area contributed by atoms with E-state index in [4.69, 9.17) is 26.1 Å². The predicted octanol–water partition coefficient (Wildman–Crippen LogP) is 3.04. The van der Waals surface area contributed by atoms with Crippen molar-refractivity contribution >= 4 is 23.5 Å². The van der Waals surface area contributed by atoms with E-state index in [2.05, 4.69) is 15.2 Å². The minimum absolute atomic E-state index is 0.0153. The molecule has 3 heterocycles. The number of benzene rings is 1. The maximum absolute atomic E-state index is 12.7. The average Bonchev–Trinajstić information content (AvgIpc) is 3.23. The van der Waals surface area contributed by atoms with Gasteiger partial charge in [0.2, 0.25) is 5.95 Å². The van der Waals surface area contributed by atoms with Crippen LogP contribution in [0.3, 0.4) is 0 Å². The highest BCUT2D eigenvalue weighted by molar-refractivity contribution is 6.31. The Balaban J connectivity index is 1.41. The summed E-state index contributed by atoms with van der Waals surface area (Å²) in [5.74, 6) is 1.48. The summed E-state index contributed by atoms with van der Waals surface area (Å²) >= 11 is 6.05. The number of methoxy groups -OCH3 is 1.